The number of carbonyl (C=O) groups is 2. The smallest absolute Gasteiger partial charge is 0.295 e. The molecule has 8 atom stereocenters. The molecule has 1 saturated heterocycles. The molecule has 0 radical (unpaired) electrons. The Balaban J connectivity index is 3.16. The number of carbonyl (C=O) groups excluding carboxylic acids is 2. The first-order valence-electron chi connectivity index (χ1n) is 9.24. The van der Waals surface area contributed by atoms with E-state index in [1.807, 2.05) is 6.26 Å². The fourth-order valence-corrected chi connectivity index (χ4v) is 3.92. The maximum absolute atomic E-state index is 12.6. The zero-order valence-corrected chi connectivity index (χ0v) is 17.4. The molecule has 1 heterocycles. The fraction of sp³-hybridized carbons (Fsp3) is 0.889. The van der Waals surface area contributed by atoms with Crippen molar-refractivity contribution in [2.75, 3.05) is 18.6 Å². The van der Waals surface area contributed by atoms with Crippen LogP contribution in [-0.2, 0) is 23.8 Å². The highest BCUT2D eigenvalue weighted by atomic mass is 32.2. The van der Waals surface area contributed by atoms with E-state index >= 15 is 0 Å². The zero-order chi connectivity index (χ0) is 21.4. The lowest BCUT2D eigenvalue weighted by molar-refractivity contribution is -0.306. The van der Waals surface area contributed by atoms with Gasteiger partial charge in [0.1, 0.15) is 24.1 Å². The number of hydrogen-bond acceptors (Lipinski definition) is 10. The summed E-state index contributed by atoms with van der Waals surface area (Å²) in [6.45, 7) is 4.60. The van der Waals surface area contributed by atoms with E-state index in [4.69, 9.17) is 19.3 Å². The van der Waals surface area contributed by atoms with Crippen molar-refractivity contribution in [2.24, 2.45) is 11.8 Å². The quantitative estimate of drug-likeness (QED) is 0.298. The molecule has 8 unspecified atom stereocenters. The van der Waals surface area contributed by atoms with Crippen LogP contribution in [0.4, 0.5) is 0 Å². The molecular formula is C18H32O9S. The first kappa shape index (κ1) is 25.3. The molecule has 10 heteroatoms. The summed E-state index contributed by atoms with van der Waals surface area (Å²) >= 11 is 1.51. The third kappa shape index (κ3) is 6.65. The van der Waals surface area contributed by atoms with Gasteiger partial charge in [-0.2, -0.15) is 11.8 Å². The average Bonchev–Trinajstić information content (AvgIpc) is 2.65. The van der Waals surface area contributed by atoms with Gasteiger partial charge in [-0.3, -0.25) is 9.59 Å². The topological polar surface area (TPSA) is 143 Å². The van der Waals surface area contributed by atoms with Crippen molar-refractivity contribution in [1.29, 1.82) is 0 Å². The number of rotatable bonds is 12. The molecule has 0 aromatic carbocycles. The van der Waals surface area contributed by atoms with Crippen LogP contribution < -0.4 is 0 Å². The van der Waals surface area contributed by atoms with E-state index < -0.39 is 49.3 Å². The first-order chi connectivity index (χ1) is 13.2. The summed E-state index contributed by atoms with van der Waals surface area (Å²) in [5.41, 5.74) is 0. The molecule has 0 saturated carbocycles. The number of ether oxygens (including phenoxy) is 3. The minimum Gasteiger partial charge on any atom is -0.435 e. The summed E-state index contributed by atoms with van der Waals surface area (Å²) in [5, 5.41) is 40.3. The minimum absolute atomic E-state index is 0.130. The molecule has 1 aliphatic rings. The van der Waals surface area contributed by atoms with Gasteiger partial charge < -0.3 is 34.6 Å². The van der Waals surface area contributed by atoms with Crippen molar-refractivity contribution in [3.8, 4) is 0 Å². The van der Waals surface area contributed by atoms with Crippen molar-refractivity contribution in [1.82, 2.24) is 0 Å². The molecule has 164 valence electrons. The Morgan fingerprint density at radius 1 is 1.29 bits per heavy atom. The summed E-state index contributed by atoms with van der Waals surface area (Å²) in [4.78, 5) is 23.4. The largest absolute Gasteiger partial charge is 0.435 e. The van der Waals surface area contributed by atoms with Crippen LogP contribution in [0.15, 0.2) is 0 Å². The Morgan fingerprint density at radius 3 is 2.43 bits per heavy atom. The molecule has 0 aliphatic carbocycles. The van der Waals surface area contributed by atoms with Crippen LogP contribution in [0.2, 0.25) is 0 Å². The highest BCUT2D eigenvalue weighted by molar-refractivity contribution is 7.98. The average molecular weight is 425 g/mol. The summed E-state index contributed by atoms with van der Waals surface area (Å²) in [5.74, 6) is -0.757. The van der Waals surface area contributed by atoms with Crippen LogP contribution in [0.3, 0.4) is 0 Å². The highest BCUT2D eigenvalue weighted by Gasteiger charge is 2.51. The number of hydrogen-bond donors (Lipinski definition) is 4. The summed E-state index contributed by atoms with van der Waals surface area (Å²) in [7, 11) is 0. The van der Waals surface area contributed by atoms with Gasteiger partial charge in [0.15, 0.2) is 0 Å². The van der Waals surface area contributed by atoms with Gasteiger partial charge in [-0.25, -0.2) is 0 Å². The molecule has 1 aliphatic heterocycles. The standard InChI is InChI=1S/C18H32O9S/c1-9(2)26-17-14(23)11(5-12(21)10(3)7-28-4)16(15(24)13(22)6-19)27-18(17)25-8-20/h8-11,13-19,22-24H,5-7H2,1-4H3. The SMILES string of the molecule is CSCC(C)C(=O)CC1C(O)C(OC(C)C)C(OC=O)OC1C(O)C(O)CO. The Morgan fingerprint density at radius 2 is 1.93 bits per heavy atom. The van der Waals surface area contributed by atoms with Crippen LogP contribution in [0.5, 0.6) is 0 Å². The second-order valence-corrected chi connectivity index (χ2v) is 8.18. The third-order valence-electron chi connectivity index (χ3n) is 4.70. The van der Waals surface area contributed by atoms with E-state index in [1.54, 1.807) is 20.8 Å². The minimum atomic E-state index is -1.61. The monoisotopic (exact) mass is 424 g/mol. The Labute approximate surface area is 169 Å². The number of Topliss-reactive ketones (excluding diaryl/α,β-unsaturated/α-hetero) is 1. The third-order valence-corrected chi connectivity index (χ3v) is 5.53. The number of thioether (sulfide) groups is 1. The van der Waals surface area contributed by atoms with Crippen LogP contribution in [0, 0.1) is 11.8 Å². The lowest BCUT2D eigenvalue weighted by Gasteiger charge is -2.46. The molecule has 1 rings (SSSR count). The van der Waals surface area contributed by atoms with E-state index in [9.17, 15) is 24.9 Å². The van der Waals surface area contributed by atoms with Crippen molar-refractivity contribution in [2.45, 2.75) is 70.1 Å². The van der Waals surface area contributed by atoms with E-state index in [1.165, 1.54) is 11.8 Å². The Hall–Kier alpha value is -0.750. The molecule has 0 aromatic heterocycles. The molecule has 0 bridgehead atoms. The van der Waals surface area contributed by atoms with Crippen LogP contribution in [0.25, 0.3) is 0 Å². The van der Waals surface area contributed by atoms with Gasteiger partial charge in [0.05, 0.1) is 24.9 Å². The molecule has 28 heavy (non-hydrogen) atoms. The van der Waals surface area contributed by atoms with Crippen molar-refractivity contribution in [3.05, 3.63) is 0 Å². The molecule has 9 nitrogen and oxygen atoms in total. The van der Waals surface area contributed by atoms with Crippen LogP contribution in [-0.4, -0.2) is 94.2 Å². The van der Waals surface area contributed by atoms with Crippen molar-refractivity contribution in [3.63, 3.8) is 0 Å². The Bertz CT molecular complexity index is 490. The van der Waals surface area contributed by atoms with Gasteiger partial charge in [-0.1, -0.05) is 6.92 Å². The van der Waals surface area contributed by atoms with Gasteiger partial charge in [-0.05, 0) is 20.1 Å². The Kier molecular flexibility index (Phi) is 10.9. The van der Waals surface area contributed by atoms with Crippen LogP contribution in [0.1, 0.15) is 27.2 Å². The van der Waals surface area contributed by atoms with Gasteiger partial charge in [0.2, 0.25) is 6.29 Å². The second kappa shape index (κ2) is 12.1. The van der Waals surface area contributed by atoms with E-state index in [-0.39, 0.29) is 30.7 Å². The molecule has 4 N–H and O–H groups in total. The van der Waals surface area contributed by atoms with Crippen molar-refractivity contribution >= 4 is 24.0 Å². The van der Waals surface area contributed by atoms with E-state index in [2.05, 4.69) is 0 Å². The fourth-order valence-electron chi connectivity index (χ4n) is 3.23. The predicted octanol–water partition coefficient (Wildman–Crippen LogP) is -0.673. The van der Waals surface area contributed by atoms with Gasteiger partial charge >= 0.3 is 0 Å². The summed E-state index contributed by atoms with van der Waals surface area (Å²) in [6.07, 6.45) is -6.73. The molecule has 0 amide bonds. The normalized spacial score (nSPS) is 31.2. The number of ketones is 1. The van der Waals surface area contributed by atoms with E-state index in [0.29, 0.717) is 5.75 Å². The lowest BCUT2D eigenvalue weighted by atomic mass is 9.80. The molecule has 0 spiro atoms. The molecular weight excluding hydrogens is 392 g/mol. The second-order valence-electron chi connectivity index (χ2n) is 7.27. The van der Waals surface area contributed by atoms with Gasteiger partial charge in [0, 0.05) is 24.0 Å². The van der Waals surface area contributed by atoms with Gasteiger partial charge in [-0.15, -0.1) is 0 Å². The maximum Gasteiger partial charge on any atom is 0.295 e. The summed E-state index contributed by atoms with van der Waals surface area (Å²) < 4.78 is 16.1. The maximum atomic E-state index is 12.6. The number of aliphatic hydroxyl groups excluding tert-OH is 4. The first-order valence-corrected chi connectivity index (χ1v) is 10.6. The lowest BCUT2D eigenvalue weighted by Crippen LogP contribution is -2.61. The van der Waals surface area contributed by atoms with Crippen molar-refractivity contribution < 1.29 is 44.2 Å². The predicted molar refractivity (Wildman–Crippen MR) is 102 cm³/mol. The summed E-state index contributed by atoms with van der Waals surface area (Å²) in [6, 6.07) is 0. The number of aliphatic hydroxyl groups is 4. The van der Waals surface area contributed by atoms with Gasteiger partial charge in [0.25, 0.3) is 6.47 Å². The van der Waals surface area contributed by atoms with Crippen LogP contribution >= 0.6 is 11.8 Å². The van der Waals surface area contributed by atoms with E-state index in [0.717, 1.165) is 0 Å². The molecule has 0 aromatic rings. The zero-order valence-electron chi connectivity index (χ0n) is 16.6. The highest BCUT2D eigenvalue weighted by Crippen LogP contribution is 2.35. The molecule has 1 fully saturated rings.